The van der Waals surface area contributed by atoms with Gasteiger partial charge in [0.25, 0.3) is 5.91 Å². The first kappa shape index (κ1) is 26.3. The van der Waals surface area contributed by atoms with E-state index >= 15 is 0 Å². The third kappa shape index (κ3) is 5.91. The van der Waals surface area contributed by atoms with Crippen molar-refractivity contribution < 1.29 is 24.2 Å². The zero-order chi connectivity index (χ0) is 27.4. The number of aryl methyl sites for hydroxylation is 1. The number of benzene rings is 4. The lowest BCUT2D eigenvalue weighted by atomic mass is 9.90. The van der Waals surface area contributed by atoms with Crippen molar-refractivity contribution in [1.29, 1.82) is 0 Å². The molecule has 0 saturated heterocycles. The number of carbonyl (C=O) groups excluding carboxylic acids is 1. The van der Waals surface area contributed by atoms with Crippen molar-refractivity contribution >= 4 is 23.5 Å². The van der Waals surface area contributed by atoms with Crippen LogP contribution in [-0.2, 0) is 29.2 Å². The predicted molar refractivity (Wildman–Crippen MR) is 149 cm³/mol. The molecule has 1 amide bonds. The number of carboxylic acid groups (broad SMARTS) is 1. The molecule has 5 rings (SSSR count). The maximum Gasteiger partial charge on any atom is 0.326 e. The van der Waals surface area contributed by atoms with E-state index in [0.717, 1.165) is 22.3 Å². The molecular weight excluding hydrogens is 514 g/mol. The Labute approximate surface area is 232 Å². The highest BCUT2D eigenvalue weighted by molar-refractivity contribution is 6.30. The standard InChI is InChI=1S/C32H28ClNO5/c1-21-12-13-24-19-34(28(32(36)37)18-27(24)29(21)38-20-22-8-4-2-5-9-22)31(35)30(23-10-6-3-7-11-23)39-26-16-14-25(33)15-17-26/h2-17,28,30H,18-20H2,1H3,(H,36,37)/t28-,30+/m0/s1. The number of carboxylic acids is 1. The number of nitrogens with zero attached hydrogens (tertiary/aromatic N) is 1. The molecule has 6 nitrogen and oxygen atoms in total. The highest BCUT2D eigenvalue weighted by Gasteiger charge is 2.40. The van der Waals surface area contributed by atoms with Crippen molar-refractivity contribution in [2.24, 2.45) is 0 Å². The van der Waals surface area contributed by atoms with E-state index in [9.17, 15) is 14.7 Å². The van der Waals surface area contributed by atoms with Crippen molar-refractivity contribution in [2.75, 3.05) is 0 Å². The average molecular weight is 542 g/mol. The van der Waals surface area contributed by atoms with Gasteiger partial charge in [0.15, 0.2) is 0 Å². The van der Waals surface area contributed by atoms with Gasteiger partial charge in [-0.3, -0.25) is 4.79 Å². The Morgan fingerprint density at radius 2 is 1.62 bits per heavy atom. The number of amides is 1. The highest BCUT2D eigenvalue weighted by atomic mass is 35.5. The maximum absolute atomic E-state index is 14.0. The van der Waals surface area contributed by atoms with Gasteiger partial charge in [0, 0.05) is 29.1 Å². The number of aliphatic carboxylic acids is 1. The summed E-state index contributed by atoms with van der Waals surface area (Å²) < 4.78 is 12.4. The topological polar surface area (TPSA) is 76.1 Å². The van der Waals surface area contributed by atoms with E-state index < -0.39 is 24.0 Å². The quantitative estimate of drug-likeness (QED) is 0.280. The summed E-state index contributed by atoms with van der Waals surface area (Å²) in [5.74, 6) is -0.380. The molecule has 0 aromatic heterocycles. The highest BCUT2D eigenvalue weighted by Crippen LogP contribution is 2.36. The minimum absolute atomic E-state index is 0.125. The molecule has 4 aromatic carbocycles. The molecule has 0 radical (unpaired) electrons. The molecule has 7 heteroatoms. The first-order valence-corrected chi connectivity index (χ1v) is 13.1. The van der Waals surface area contributed by atoms with Gasteiger partial charge in [-0.1, -0.05) is 84.4 Å². The van der Waals surface area contributed by atoms with Crippen LogP contribution in [0.4, 0.5) is 0 Å². The molecule has 1 aliphatic heterocycles. The summed E-state index contributed by atoms with van der Waals surface area (Å²) in [4.78, 5) is 28.0. The van der Waals surface area contributed by atoms with E-state index in [-0.39, 0.29) is 13.0 Å². The Kier molecular flexibility index (Phi) is 7.84. The van der Waals surface area contributed by atoms with Gasteiger partial charge in [0.1, 0.15) is 24.1 Å². The molecule has 0 fully saturated rings. The third-order valence-corrected chi connectivity index (χ3v) is 7.11. The Hall–Kier alpha value is -4.29. The molecule has 0 bridgehead atoms. The van der Waals surface area contributed by atoms with Gasteiger partial charge in [-0.15, -0.1) is 0 Å². The van der Waals surface area contributed by atoms with E-state index in [0.29, 0.717) is 28.7 Å². The zero-order valence-electron chi connectivity index (χ0n) is 21.4. The normalized spacial score (nSPS) is 15.2. The Balaban J connectivity index is 1.47. The van der Waals surface area contributed by atoms with Gasteiger partial charge in [-0.05, 0) is 47.9 Å². The van der Waals surface area contributed by atoms with Crippen molar-refractivity contribution in [2.45, 2.75) is 38.6 Å². The summed E-state index contributed by atoms with van der Waals surface area (Å²) in [5, 5.41) is 10.8. The number of halogens is 1. The largest absolute Gasteiger partial charge is 0.488 e. The summed E-state index contributed by atoms with van der Waals surface area (Å²) in [6, 6.07) is 28.4. The van der Waals surface area contributed by atoms with Gasteiger partial charge >= 0.3 is 5.97 Å². The molecule has 0 unspecified atom stereocenters. The lowest BCUT2D eigenvalue weighted by molar-refractivity contribution is -0.155. The molecule has 198 valence electrons. The first-order chi connectivity index (χ1) is 18.9. The van der Waals surface area contributed by atoms with Crippen molar-refractivity contribution in [3.8, 4) is 11.5 Å². The third-order valence-electron chi connectivity index (χ3n) is 6.86. The summed E-state index contributed by atoms with van der Waals surface area (Å²) in [7, 11) is 0. The van der Waals surface area contributed by atoms with E-state index in [1.54, 1.807) is 36.4 Å². The van der Waals surface area contributed by atoms with Crippen LogP contribution in [0.5, 0.6) is 11.5 Å². The molecule has 4 aromatic rings. The minimum atomic E-state index is -1.08. The van der Waals surface area contributed by atoms with E-state index in [4.69, 9.17) is 21.1 Å². The van der Waals surface area contributed by atoms with Crippen LogP contribution in [0.2, 0.25) is 5.02 Å². The van der Waals surface area contributed by atoms with Crippen LogP contribution in [0.1, 0.15) is 33.9 Å². The molecule has 0 saturated carbocycles. The van der Waals surface area contributed by atoms with Crippen molar-refractivity contribution in [1.82, 2.24) is 4.90 Å². The van der Waals surface area contributed by atoms with Crippen LogP contribution >= 0.6 is 11.6 Å². The number of rotatable bonds is 8. The van der Waals surface area contributed by atoms with Gasteiger partial charge in [0.2, 0.25) is 6.10 Å². The van der Waals surface area contributed by atoms with Crippen LogP contribution in [-0.4, -0.2) is 27.9 Å². The van der Waals surface area contributed by atoms with Crippen molar-refractivity contribution in [3.63, 3.8) is 0 Å². The van der Waals surface area contributed by atoms with Gasteiger partial charge < -0.3 is 19.5 Å². The average Bonchev–Trinajstić information content (AvgIpc) is 2.96. The summed E-state index contributed by atoms with van der Waals surface area (Å²) in [6.07, 6.45) is -0.903. The molecule has 1 N–H and O–H groups in total. The summed E-state index contributed by atoms with van der Waals surface area (Å²) in [6.45, 7) is 2.43. The SMILES string of the molecule is Cc1ccc2c(c1OCc1ccccc1)C[C@@H](C(=O)O)N(C(=O)[C@H](Oc1ccc(Cl)cc1)c1ccccc1)C2. The Morgan fingerprint density at radius 3 is 2.28 bits per heavy atom. The Morgan fingerprint density at radius 1 is 0.949 bits per heavy atom. The fourth-order valence-corrected chi connectivity index (χ4v) is 4.95. The summed E-state index contributed by atoms with van der Waals surface area (Å²) >= 11 is 6.03. The molecule has 1 aliphatic rings. The fourth-order valence-electron chi connectivity index (χ4n) is 4.83. The minimum Gasteiger partial charge on any atom is -0.488 e. The lowest BCUT2D eigenvalue weighted by Crippen LogP contribution is -2.51. The molecular formula is C32H28ClNO5. The molecule has 0 aliphatic carbocycles. The zero-order valence-corrected chi connectivity index (χ0v) is 22.2. The Bertz CT molecular complexity index is 1460. The number of fused-ring (bicyclic) bond motifs is 1. The number of hydrogen-bond acceptors (Lipinski definition) is 4. The lowest BCUT2D eigenvalue weighted by Gasteiger charge is -2.37. The smallest absolute Gasteiger partial charge is 0.326 e. The molecule has 39 heavy (non-hydrogen) atoms. The second-order valence-electron chi connectivity index (χ2n) is 9.51. The van der Waals surface area contributed by atoms with Crippen LogP contribution in [0.25, 0.3) is 0 Å². The number of ether oxygens (including phenoxy) is 2. The van der Waals surface area contributed by atoms with Gasteiger partial charge in [-0.25, -0.2) is 4.79 Å². The van der Waals surface area contributed by atoms with Gasteiger partial charge in [-0.2, -0.15) is 0 Å². The van der Waals surface area contributed by atoms with Crippen LogP contribution in [0.15, 0.2) is 97.1 Å². The van der Waals surface area contributed by atoms with Crippen molar-refractivity contribution in [3.05, 3.63) is 130 Å². The second-order valence-corrected chi connectivity index (χ2v) is 9.95. The van der Waals surface area contributed by atoms with E-state index in [1.807, 2.05) is 67.6 Å². The molecule has 0 spiro atoms. The number of carbonyl (C=O) groups is 2. The molecule has 1 heterocycles. The predicted octanol–water partition coefficient (Wildman–Crippen LogP) is 6.39. The van der Waals surface area contributed by atoms with E-state index in [1.165, 1.54) is 4.90 Å². The number of hydrogen-bond donors (Lipinski definition) is 1. The first-order valence-electron chi connectivity index (χ1n) is 12.7. The van der Waals surface area contributed by atoms with Crippen LogP contribution in [0.3, 0.4) is 0 Å². The second kappa shape index (κ2) is 11.6. The van der Waals surface area contributed by atoms with Crippen LogP contribution in [0, 0.1) is 6.92 Å². The maximum atomic E-state index is 14.0. The monoisotopic (exact) mass is 541 g/mol. The molecule has 2 atom stereocenters. The fraction of sp³-hybridized carbons (Fsp3) is 0.188. The van der Waals surface area contributed by atoms with E-state index in [2.05, 4.69) is 0 Å². The van der Waals surface area contributed by atoms with Crippen LogP contribution < -0.4 is 9.47 Å². The summed E-state index contributed by atoms with van der Waals surface area (Å²) in [5.41, 5.74) is 4.23. The van der Waals surface area contributed by atoms with Gasteiger partial charge in [0.05, 0.1) is 0 Å².